The van der Waals surface area contributed by atoms with Gasteiger partial charge < -0.3 is 15.9 Å². The summed E-state index contributed by atoms with van der Waals surface area (Å²) in [5.41, 5.74) is 5.45. The molecule has 0 aromatic heterocycles. The molecule has 0 aliphatic heterocycles. The van der Waals surface area contributed by atoms with Crippen molar-refractivity contribution in [1.82, 2.24) is 0 Å². The first-order chi connectivity index (χ1) is 5.11. The van der Waals surface area contributed by atoms with Crippen molar-refractivity contribution in [1.29, 1.82) is 0 Å². The number of nitrogens with two attached hydrogens (primary N) is 1. The Morgan fingerprint density at radius 1 is 1.64 bits per heavy atom. The zero-order chi connectivity index (χ0) is 8.43. The molecule has 1 aliphatic carbocycles. The SMILES string of the molecule is N[C@H]1C=CC(C(=O)O)=C[C@@H]1O. The van der Waals surface area contributed by atoms with Crippen LogP contribution in [-0.4, -0.2) is 28.3 Å². The summed E-state index contributed by atoms with van der Waals surface area (Å²) in [5.74, 6) is -1.05. The van der Waals surface area contributed by atoms with Gasteiger partial charge in [0.25, 0.3) is 0 Å². The fourth-order valence-electron chi connectivity index (χ4n) is 0.822. The molecule has 0 radical (unpaired) electrons. The summed E-state index contributed by atoms with van der Waals surface area (Å²) in [4.78, 5) is 10.3. The van der Waals surface area contributed by atoms with E-state index in [1.54, 1.807) is 0 Å². The number of aliphatic hydroxyl groups excluding tert-OH is 1. The molecule has 0 saturated carbocycles. The van der Waals surface area contributed by atoms with Crippen molar-refractivity contribution in [2.24, 2.45) is 5.73 Å². The van der Waals surface area contributed by atoms with Gasteiger partial charge in [0.2, 0.25) is 0 Å². The Morgan fingerprint density at radius 2 is 2.27 bits per heavy atom. The average molecular weight is 155 g/mol. The average Bonchev–Trinajstić information content (AvgIpc) is 1.94. The van der Waals surface area contributed by atoms with Gasteiger partial charge in [-0.05, 0) is 6.08 Å². The molecule has 0 unspecified atom stereocenters. The molecule has 4 N–H and O–H groups in total. The predicted octanol–water partition coefficient (Wildman–Crippen LogP) is -0.745. The highest BCUT2D eigenvalue weighted by Gasteiger charge is 2.16. The number of aliphatic carboxylic acids is 1. The topological polar surface area (TPSA) is 83.6 Å². The van der Waals surface area contributed by atoms with Gasteiger partial charge in [-0.15, -0.1) is 0 Å². The molecule has 1 rings (SSSR count). The molecule has 11 heavy (non-hydrogen) atoms. The van der Waals surface area contributed by atoms with Crippen molar-refractivity contribution in [2.75, 3.05) is 0 Å². The Balaban J connectivity index is 2.80. The second-order valence-electron chi connectivity index (χ2n) is 2.35. The first-order valence-corrected chi connectivity index (χ1v) is 3.18. The molecule has 2 atom stereocenters. The minimum atomic E-state index is -1.05. The van der Waals surface area contributed by atoms with Gasteiger partial charge in [0.15, 0.2) is 0 Å². The highest BCUT2D eigenvalue weighted by Crippen LogP contribution is 2.09. The van der Waals surface area contributed by atoms with Crippen LogP contribution in [0.2, 0.25) is 0 Å². The van der Waals surface area contributed by atoms with Gasteiger partial charge in [0.1, 0.15) is 0 Å². The standard InChI is InChI=1S/C7H9NO3/c8-5-2-1-4(7(10)11)3-6(5)9/h1-3,5-6,9H,8H2,(H,10,11)/t5-,6-/m0/s1. The van der Waals surface area contributed by atoms with E-state index in [0.29, 0.717) is 0 Å². The van der Waals surface area contributed by atoms with Gasteiger partial charge in [-0.25, -0.2) is 4.79 Å². The maximum atomic E-state index is 10.3. The summed E-state index contributed by atoms with van der Waals surface area (Å²) < 4.78 is 0. The van der Waals surface area contributed by atoms with E-state index in [1.807, 2.05) is 0 Å². The summed E-state index contributed by atoms with van der Waals surface area (Å²) in [6.45, 7) is 0. The molecule has 0 aromatic rings. The Morgan fingerprint density at radius 3 is 2.73 bits per heavy atom. The van der Waals surface area contributed by atoms with E-state index >= 15 is 0 Å². The van der Waals surface area contributed by atoms with E-state index in [1.165, 1.54) is 18.2 Å². The minimum Gasteiger partial charge on any atom is -0.478 e. The van der Waals surface area contributed by atoms with Crippen LogP contribution in [0.5, 0.6) is 0 Å². The van der Waals surface area contributed by atoms with E-state index in [2.05, 4.69) is 0 Å². The Bertz CT molecular complexity index is 232. The highest BCUT2D eigenvalue weighted by molar-refractivity contribution is 5.90. The number of carboxylic acid groups (broad SMARTS) is 1. The van der Waals surface area contributed by atoms with Crippen LogP contribution in [0.3, 0.4) is 0 Å². The molecule has 0 spiro atoms. The first kappa shape index (κ1) is 7.97. The van der Waals surface area contributed by atoms with Crippen LogP contribution in [0.4, 0.5) is 0 Å². The molecule has 0 aromatic carbocycles. The van der Waals surface area contributed by atoms with E-state index in [0.717, 1.165) is 0 Å². The van der Waals surface area contributed by atoms with E-state index in [9.17, 15) is 4.79 Å². The summed E-state index contributed by atoms with van der Waals surface area (Å²) in [5, 5.41) is 17.6. The zero-order valence-corrected chi connectivity index (χ0v) is 5.77. The lowest BCUT2D eigenvalue weighted by Crippen LogP contribution is -2.33. The van der Waals surface area contributed by atoms with Crippen LogP contribution in [0, 0.1) is 0 Å². The van der Waals surface area contributed by atoms with Crippen LogP contribution in [0.15, 0.2) is 23.8 Å². The van der Waals surface area contributed by atoms with Gasteiger partial charge >= 0.3 is 5.97 Å². The number of rotatable bonds is 1. The first-order valence-electron chi connectivity index (χ1n) is 3.18. The molecule has 60 valence electrons. The summed E-state index contributed by atoms with van der Waals surface area (Å²) in [6.07, 6.45) is 3.20. The van der Waals surface area contributed by atoms with Gasteiger partial charge in [-0.3, -0.25) is 0 Å². The molecule has 0 amide bonds. The maximum Gasteiger partial charge on any atom is 0.335 e. The lowest BCUT2D eigenvalue weighted by molar-refractivity contribution is -0.132. The number of aliphatic hydroxyl groups is 1. The van der Waals surface area contributed by atoms with Crippen LogP contribution in [0.25, 0.3) is 0 Å². The van der Waals surface area contributed by atoms with Crippen molar-refractivity contribution in [3.63, 3.8) is 0 Å². The second-order valence-corrected chi connectivity index (χ2v) is 2.35. The van der Waals surface area contributed by atoms with Crippen LogP contribution < -0.4 is 5.73 Å². The van der Waals surface area contributed by atoms with Crippen molar-refractivity contribution in [3.05, 3.63) is 23.8 Å². The van der Waals surface area contributed by atoms with E-state index in [4.69, 9.17) is 15.9 Å². The molecule has 0 saturated heterocycles. The van der Waals surface area contributed by atoms with E-state index < -0.39 is 18.1 Å². The summed E-state index contributed by atoms with van der Waals surface area (Å²) in [6, 6.07) is -0.488. The molecule has 1 aliphatic rings. The summed E-state index contributed by atoms with van der Waals surface area (Å²) >= 11 is 0. The van der Waals surface area contributed by atoms with Crippen molar-refractivity contribution < 1.29 is 15.0 Å². The van der Waals surface area contributed by atoms with Crippen LogP contribution in [-0.2, 0) is 4.79 Å². The highest BCUT2D eigenvalue weighted by atomic mass is 16.4. The van der Waals surface area contributed by atoms with Gasteiger partial charge in [-0.2, -0.15) is 0 Å². The van der Waals surface area contributed by atoms with Crippen molar-refractivity contribution >= 4 is 5.97 Å². The molecule has 0 fully saturated rings. The second kappa shape index (κ2) is 2.86. The maximum absolute atomic E-state index is 10.3. The molecule has 0 bridgehead atoms. The quantitative estimate of drug-likeness (QED) is 0.465. The van der Waals surface area contributed by atoms with Crippen LogP contribution in [0.1, 0.15) is 0 Å². The zero-order valence-electron chi connectivity index (χ0n) is 5.77. The fourth-order valence-corrected chi connectivity index (χ4v) is 0.822. The largest absolute Gasteiger partial charge is 0.478 e. The molecular weight excluding hydrogens is 146 g/mol. The Kier molecular flexibility index (Phi) is 2.07. The lowest BCUT2D eigenvalue weighted by atomic mass is 10.0. The smallest absolute Gasteiger partial charge is 0.335 e. The van der Waals surface area contributed by atoms with Crippen molar-refractivity contribution in [2.45, 2.75) is 12.1 Å². The molecule has 0 heterocycles. The number of hydrogen-bond acceptors (Lipinski definition) is 3. The summed E-state index contributed by atoms with van der Waals surface area (Å²) in [7, 11) is 0. The Hall–Kier alpha value is -1.13. The van der Waals surface area contributed by atoms with Crippen LogP contribution >= 0.6 is 0 Å². The van der Waals surface area contributed by atoms with Gasteiger partial charge in [0, 0.05) is 0 Å². The predicted molar refractivity (Wildman–Crippen MR) is 38.8 cm³/mol. The fraction of sp³-hybridized carbons (Fsp3) is 0.286. The van der Waals surface area contributed by atoms with Crippen molar-refractivity contribution in [3.8, 4) is 0 Å². The third-order valence-electron chi connectivity index (χ3n) is 1.49. The van der Waals surface area contributed by atoms with Gasteiger partial charge in [-0.1, -0.05) is 12.2 Å². The monoisotopic (exact) mass is 155 g/mol. The minimum absolute atomic E-state index is 0.0826. The van der Waals surface area contributed by atoms with Gasteiger partial charge in [0.05, 0.1) is 17.7 Å². The molecular formula is C7H9NO3. The number of hydrogen-bond donors (Lipinski definition) is 3. The normalized spacial score (nSPS) is 29.8. The third kappa shape index (κ3) is 1.66. The number of carboxylic acids is 1. The lowest BCUT2D eigenvalue weighted by Gasteiger charge is -2.15. The number of carbonyl (C=O) groups is 1. The third-order valence-corrected chi connectivity index (χ3v) is 1.49. The molecule has 4 nitrogen and oxygen atoms in total. The molecule has 4 heteroatoms. The van der Waals surface area contributed by atoms with E-state index in [-0.39, 0.29) is 5.57 Å². The Labute approximate surface area is 63.6 Å².